The van der Waals surface area contributed by atoms with E-state index in [1.165, 1.54) is 0 Å². The third kappa shape index (κ3) is 1.85. The molecule has 0 spiro atoms. The maximum atomic E-state index is 12.1. The van der Waals surface area contributed by atoms with Crippen molar-refractivity contribution in [1.82, 2.24) is 15.1 Å². The fourth-order valence-electron chi connectivity index (χ4n) is 2.36. The summed E-state index contributed by atoms with van der Waals surface area (Å²) in [4.78, 5) is 25.3. The highest BCUT2D eigenvalue weighted by molar-refractivity contribution is 6.12. The number of nitrogens with zero attached hydrogens (tertiary/aromatic N) is 3. The first-order valence-corrected chi connectivity index (χ1v) is 6.26. The molecule has 6 heteroatoms. The number of carbonyl (C=O) groups excluding carboxylic acids is 2. The van der Waals surface area contributed by atoms with Gasteiger partial charge >= 0.3 is 0 Å². The van der Waals surface area contributed by atoms with Gasteiger partial charge in [-0.2, -0.15) is 5.10 Å². The molecule has 2 amide bonds. The number of rotatable bonds is 2. The van der Waals surface area contributed by atoms with Gasteiger partial charge in [0.05, 0.1) is 17.8 Å². The Kier molecular flexibility index (Phi) is 2.78. The summed E-state index contributed by atoms with van der Waals surface area (Å²) >= 11 is 0. The van der Waals surface area contributed by atoms with E-state index >= 15 is 0 Å². The van der Waals surface area contributed by atoms with Crippen LogP contribution in [0.25, 0.3) is 5.69 Å². The van der Waals surface area contributed by atoms with Gasteiger partial charge in [-0.15, -0.1) is 0 Å². The van der Waals surface area contributed by atoms with Crippen LogP contribution in [0.5, 0.6) is 0 Å². The number of carbonyl (C=O) groups is 2. The van der Waals surface area contributed by atoms with Crippen molar-refractivity contribution < 1.29 is 9.59 Å². The fourth-order valence-corrected chi connectivity index (χ4v) is 2.36. The van der Waals surface area contributed by atoms with Gasteiger partial charge < -0.3 is 4.90 Å². The smallest absolute Gasteiger partial charge is 0.263 e. The van der Waals surface area contributed by atoms with Crippen molar-refractivity contribution in [3.8, 4) is 5.69 Å². The molecule has 0 radical (unpaired) electrons. The van der Waals surface area contributed by atoms with Crippen molar-refractivity contribution in [2.24, 2.45) is 0 Å². The first-order chi connectivity index (χ1) is 9.58. The van der Waals surface area contributed by atoms with E-state index in [4.69, 9.17) is 0 Å². The Morgan fingerprint density at radius 3 is 2.55 bits per heavy atom. The number of anilines is 1. The zero-order chi connectivity index (χ0) is 14.3. The molecule has 0 aliphatic carbocycles. The molecule has 2 heterocycles. The molecule has 3 rings (SSSR count). The second kappa shape index (κ2) is 4.48. The van der Waals surface area contributed by atoms with Gasteiger partial charge in [-0.05, 0) is 12.1 Å². The molecule has 1 aromatic carbocycles. The molecular weight excluding hydrogens is 256 g/mol. The molecule has 6 nitrogen and oxygen atoms in total. The van der Waals surface area contributed by atoms with Crippen LogP contribution in [0.1, 0.15) is 16.1 Å². The number of aromatic nitrogens is 2. The first-order valence-electron chi connectivity index (χ1n) is 6.26. The molecule has 102 valence electrons. The largest absolute Gasteiger partial charge is 0.362 e. The van der Waals surface area contributed by atoms with Gasteiger partial charge in [-0.1, -0.05) is 18.2 Å². The summed E-state index contributed by atoms with van der Waals surface area (Å²) in [5, 5.41) is 6.77. The summed E-state index contributed by atoms with van der Waals surface area (Å²) in [5.74, 6) is -0.0242. The molecule has 1 aromatic heterocycles. The van der Waals surface area contributed by atoms with Crippen molar-refractivity contribution in [3.63, 3.8) is 0 Å². The summed E-state index contributed by atoms with van der Waals surface area (Å²) < 4.78 is 1.70. The number of hydrogen-bond donors (Lipinski definition) is 1. The Balaban J connectivity index is 2.24. The van der Waals surface area contributed by atoms with Crippen molar-refractivity contribution in [3.05, 3.63) is 41.6 Å². The summed E-state index contributed by atoms with van der Waals surface area (Å²) in [6.07, 6.45) is 0.127. The number of hydrogen-bond acceptors (Lipinski definition) is 4. The minimum Gasteiger partial charge on any atom is -0.362 e. The molecule has 0 saturated heterocycles. The Hall–Kier alpha value is -2.63. The molecule has 0 atom stereocenters. The highest BCUT2D eigenvalue weighted by Crippen LogP contribution is 2.28. The van der Waals surface area contributed by atoms with Crippen molar-refractivity contribution in [2.45, 2.75) is 6.42 Å². The SMILES string of the molecule is CN(C)c1c2c(nn1-c1ccccc1)CC(=O)NC2=O. The van der Waals surface area contributed by atoms with Crippen LogP contribution < -0.4 is 10.2 Å². The van der Waals surface area contributed by atoms with Crippen LogP contribution in [-0.4, -0.2) is 35.7 Å². The average molecular weight is 270 g/mol. The van der Waals surface area contributed by atoms with Gasteiger partial charge in [0.15, 0.2) is 0 Å². The van der Waals surface area contributed by atoms with Crippen LogP contribution in [0, 0.1) is 0 Å². The van der Waals surface area contributed by atoms with Crippen LogP contribution in [0.4, 0.5) is 5.82 Å². The summed E-state index contributed by atoms with van der Waals surface area (Å²) in [5.41, 5.74) is 1.84. The summed E-state index contributed by atoms with van der Waals surface area (Å²) in [7, 11) is 3.70. The molecule has 2 aromatic rings. The van der Waals surface area contributed by atoms with Crippen LogP contribution in [0.3, 0.4) is 0 Å². The Bertz CT molecular complexity index is 689. The zero-order valence-corrected chi connectivity index (χ0v) is 11.3. The standard InChI is InChI=1S/C14H14N4O2/c1-17(2)14-12-10(8-11(19)15-13(12)20)16-18(14)9-6-4-3-5-7-9/h3-7H,8H2,1-2H3,(H,15,19,20). The van der Waals surface area contributed by atoms with Gasteiger partial charge in [-0.3, -0.25) is 14.9 Å². The van der Waals surface area contributed by atoms with E-state index in [9.17, 15) is 9.59 Å². The summed E-state index contributed by atoms with van der Waals surface area (Å²) in [6.45, 7) is 0. The predicted octanol–water partition coefficient (Wildman–Crippen LogP) is 0.751. The predicted molar refractivity (Wildman–Crippen MR) is 74.1 cm³/mol. The van der Waals surface area contributed by atoms with E-state index in [1.54, 1.807) is 4.68 Å². The molecule has 1 N–H and O–H groups in total. The molecule has 0 saturated carbocycles. The zero-order valence-electron chi connectivity index (χ0n) is 11.3. The molecule has 0 fully saturated rings. The molecule has 0 bridgehead atoms. The van der Waals surface area contributed by atoms with E-state index < -0.39 is 0 Å². The van der Waals surface area contributed by atoms with Crippen molar-refractivity contribution in [1.29, 1.82) is 0 Å². The van der Waals surface area contributed by atoms with Gasteiger partial charge in [0.1, 0.15) is 11.4 Å². The Morgan fingerprint density at radius 2 is 1.90 bits per heavy atom. The van der Waals surface area contributed by atoms with Gasteiger partial charge in [0.25, 0.3) is 5.91 Å². The lowest BCUT2D eigenvalue weighted by Gasteiger charge is -2.18. The van der Waals surface area contributed by atoms with E-state index in [1.807, 2.05) is 49.3 Å². The quantitative estimate of drug-likeness (QED) is 0.818. The minimum absolute atomic E-state index is 0.127. The van der Waals surface area contributed by atoms with E-state index in [0.717, 1.165) is 5.69 Å². The Morgan fingerprint density at radius 1 is 1.20 bits per heavy atom. The lowest BCUT2D eigenvalue weighted by atomic mass is 10.1. The highest BCUT2D eigenvalue weighted by Gasteiger charge is 2.31. The number of amides is 2. The maximum Gasteiger partial charge on any atom is 0.263 e. The van der Waals surface area contributed by atoms with Gasteiger partial charge in [0, 0.05) is 14.1 Å². The second-order valence-electron chi connectivity index (χ2n) is 4.84. The van der Waals surface area contributed by atoms with E-state index in [0.29, 0.717) is 17.1 Å². The van der Waals surface area contributed by atoms with Gasteiger partial charge in [-0.25, -0.2) is 4.68 Å². The number of nitrogens with one attached hydrogen (secondary N) is 1. The van der Waals surface area contributed by atoms with Crippen LogP contribution in [-0.2, 0) is 11.2 Å². The number of imide groups is 1. The monoisotopic (exact) mass is 270 g/mol. The third-order valence-electron chi connectivity index (χ3n) is 3.17. The Labute approximate surface area is 116 Å². The molecule has 20 heavy (non-hydrogen) atoms. The van der Waals surface area contributed by atoms with E-state index in [2.05, 4.69) is 10.4 Å². The number of para-hydroxylation sites is 1. The maximum absolute atomic E-state index is 12.1. The normalized spacial score (nSPS) is 13.9. The fraction of sp³-hybridized carbons (Fsp3) is 0.214. The minimum atomic E-state index is -0.387. The topological polar surface area (TPSA) is 67.2 Å². The van der Waals surface area contributed by atoms with Crippen LogP contribution in [0.2, 0.25) is 0 Å². The summed E-state index contributed by atoms with van der Waals surface area (Å²) in [6, 6.07) is 9.54. The molecule has 1 aliphatic heterocycles. The molecule has 0 unspecified atom stereocenters. The van der Waals surface area contributed by atoms with Crippen molar-refractivity contribution in [2.75, 3.05) is 19.0 Å². The number of benzene rings is 1. The lowest BCUT2D eigenvalue weighted by molar-refractivity contribution is -0.119. The molecule has 1 aliphatic rings. The average Bonchev–Trinajstić information content (AvgIpc) is 2.79. The van der Waals surface area contributed by atoms with Crippen LogP contribution >= 0.6 is 0 Å². The lowest BCUT2D eigenvalue weighted by Crippen LogP contribution is -2.37. The number of fused-ring (bicyclic) bond motifs is 1. The van der Waals surface area contributed by atoms with Crippen molar-refractivity contribution >= 4 is 17.6 Å². The highest BCUT2D eigenvalue weighted by atomic mass is 16.2. The molecular formula is C14H14N4O2. The first kappa shape index (κ1) is 12.4. The second-order valence-corrected chi connectivity index (χ2v) is 4.84. The third-order valence-corrected chi connectivity index (χ3v) is 3.17. The van der Waals surface area contributed by atoms with Gasteiger partial charge in [0.2, 0.25) is 5.91 Å². The van der Waals surface area contributed by atoms with E-state index in [-0.39, 0.29) is 18.2 Å². The van der Waals surface area contributed by atoms with Crippen LogP contribution in [0.15, 0.2) is 30.3 Å².